The van der Waals surface area contributed by atoms with Gasteiger partial charge in [0.05, 0.1) is 39.6 Å². The van der Waals surface area contributed by atoms with Gasteiger partial charge in [-0.3, -0.25) is 0 Å². The Morgan fingerprint density at radius 3 is 1.24 bits per heavy atom. The van der Waals surface area contributed by atoms with Crippen molar-refractivity contribution in [3.8, 4) is 0 Å². The molecule has 5 rings (SSSR count). The van der Waals surface area contributed by atoms with Gasteiger partial charge in [-0.05, 0) is 22.3 Å². The quantitative estimate of drug-likeness (QED) is 0.215. The van der Waals surface area contributed by atoms with Crippen molar-refractivity contribution in [2.24, 2.45) is 0 Å². The number of hydrogen-bond donors (Lipinski definition) is 1. The topological polar surface area (TPSA) is 66.4 Å². The maximum absolute atomic E-state index is 10.4. The van der Waals surface area contributed by atoms with Gasteiger partial charge < -0.3 is 28.8 Å². The Morgan fingerprint density at radius 2 is 0.829 bits per heavy atom. The van der Waals surface area contributed by atoms with Crippen molar-refractivity contribution >= 4 is 0 Å². The summed E-state index contributed by atoms with van der Waals surface area (Å²) >= 11 is 0. The van der Waals surface area contributed by atoms with Crippen LogP contribution in [0.15, 0.2) is 121 Å². The Hall–Kier alpha value is -3.36. The van der Waals surface area contributed by atoms with Crippen molar-refractivity contribution in [2.45, 2.75) is 56.9 Å². The van der Waals surface area contributed by atoms with Crippen LogP contribution in [0.4, 0.5) is 0 Å². The zero-order valence-corrected chi connectivity index (χ0v) is 23.2. The number of hydrogen-bond acceptors (Lipinski definition) is 6. The third-order valence-electron chi connectivity index (χ3n) is 7.16. The zero-order chi connectivity index (χ0) is 28.1. The van der Waals surface area contributed by atoms with Gasteiger partial charge in [0.2, 0.25) is 0 Å². The fraction of sp³-hybridized carbons (Fsp3) is 0.314. The normalized spacial score (nSPS) is 22.4. The van der Waals surface area contributed by atoms with Crippen molar-refractivity contribution in [1.82, 2.24) is 0 Å². The molecule has 4 aromatic carbocycles. The fourth-order valence-electron chi connectivity index (χ4n) is 5.03. The summed E-state index contributed by atoms with van der Waals surface area (Å²) in [6, 6.07) is 40.1. The van der Waals surface area contributed by atoms with E-state index in [1.54, 1.807) is 0 Å². The van der Waals surface area contributed by atoms with E-state index in [2.05, 4.69) is 0 Å². The molecule has 3 unspecified atom stereocenters. The van der Waals surface area contributed by atoms with Crippen LogP contribution in [-0.4, -0.2) is 48.8 Å². The van der Waals surface area contributed by atoms with E-state index in [1.807, 2.05) is 121 Å². The van der Waals surface area contributed by atoms with Crippen LogP contribution in [0.25, 0.3) is 0 Å². The minimum absolute atomic E-state index is 0.217. The summed E-state index contributed by atoms with van der Waals surface area (Å²) in [6.45, 7) is 1.62. The highest BCUT2D eigenvalue weighted by Gasteiger charge is 2.48. The lowest BCUT2D eigenvalue weighted by molar-refractivity contribution is -0.277. The monoisotopic (exact) mass is 554 g/mol. The lowest BCUT2D eigenvalue weighted by atomic mass is 9.94. The van der Waals surface area contributed by atoms with E-state index in [9.17, 15) is 5.11 Å². The average Bonchev–Trinajstić information content (AvgIpc) is 3.04. The SMILES string of the molecule is OC[C@H]1OC(COCc2ccccc2)[C@H](OCc2ccccc2)C(OCc2ccccc2)C1OCc1ccccc1. The van der Waals surface area contributed by atoms with Crippen molar-refractivity contribution in [2.75, 3.05) is 13.2 Å². The average molecular weight is 555 g/mol. The molecule has 0 bridgehead atoms. The maximum atomic E-state index is 10.4. The largest absolute Gasteiger partial charge is 0.394 e. The molecule has 214 valence electrons. The van der Waals surface area contributed by atoms with Crippen LogP contribution >= 0.6 is 0 Å². The second-order valence-electron chi connectivity index (χ2n) is 10.2. The molecule has 1 aliphatic rings. The molecule has 1 N–H and O–H groups in total. The second-order valence-corrected chi connectivity index (χ2v) is 10.2. The maximum Gasteiger partial charge on any atom is 0.115 e. The molecule has 0 spiro atoms. The van der Waals surface area contributed by atoms with Crippen molar-refractivity contribution in [1.29, 1.82) is 0 Å². The first-order valence-corrected chi connectivity index (χ1v) is 14.1. The number of aliphatic hydroxyl groups is 1. The van der Waals surface area contributed by atoms with Crippen LogP contribution in [0, 0.1) is 0 Å². The van der Waals surface area contributed by atoms with E-state index < -0.39 is 30.5 Å². The van der Waals surface area contributed by atoms with Crippen molar-refractivity contribution in [3.05, 3.63) is 144 Å². The molecule has 1 fully saturated rings. The predicted octanol–water partition coefficient (Wildman–Crippen LogP) is 5.72. The van der Waals surface area contributed by atoms with Gasteiger partial charge in [-0.1, -0.05) is 121 Å². The molecular formula is C35H38O6. The summed E-state index contributed by atoms with van der Waals surface area (Å²) in [4.78, 5) is 0. The highest BCUT2D eigenvalue weighted by atomic mass is 16.6. The zero-order valence-electron chi connectivity index (χ0n) is 23.2. The third kappa shape index (κ3) is 8.57. The van der Waals surface area contributed by atoms with Crippen LogP contribution in [0.2, 0.25) is 0 Å². The molecule has 0 amide bonds. The molecule has 1 aliphatic heterocycles. The number of ether oxygens (including phenoxy) is 5. The van der Waals surface area contributed by atoms with Gasteiger partial charge in [0.15, 0.2) is 0 Å². The fourth-order valence-corrected chi connectivity index (χ4v) is 5.03. The number of rotatable bonds is 14. The van der Waals surface area contributed by atoms with Crippen LogP contribution in [0.3, 0.4) is 0 Å². The molecule has 0 radical (unpaired) electrons. The van der Waals surface area contributed by atoms with Crippen LogP contribution in [0.5, 0.6) is 0 Å². The Kier molecular flexibility index (Phi) is 11.1. The summed E-state index contributed by atoms with van der Waals surface area (Å²) in [5.41, 5.74) is 4.19. The van der Waals surface area contributed by atoms with Gasteiger partial charge in [-0.2, -0.15) is 0 Å². The first kappa shape index (κ1) is 29.1. The molecule has 6 nitrogen and oxygen atoms in total. The lowest BCUT2D eigenvalue weighted by Gasteiger charge is -2.46. The molecule has 0 aliphatic carbocycles. The Labute approximate surface area is 242 Å². The number of aliphatic hydroxyl groups excluding tert-OH is 1. The summed E-state index contributed by atoms with van der Waals surface area (Å²) in [5, 5.41) is 10.4. The molecule has 1 heterocycles. The molecule has 5 atom stereocenters. The van der Waals surface area contributed by atoms with E-state index >= 15 is 0 Å². The number of benzene rings is 4. The molecule has 4 aromatic rings. The van der Waals surface area contributed by atoms with Crippen molar-refractivity contribution < 1.29 is 28.8 Å². The summed E-state index contributed by atoms with van der Waals surface area (Å²) < 4.78 is 32.2. The highest BCUT2D eigenvalue weighted by Crippen LogP contribution is 2.31. The van der Waals surface area contributed by atoms with Crippen molar-refractivity contribution in [3.63, 3.8) is 0 Å². The standard InChI is InChI=1S/C35H38O6/c36-21-31-33(38-23-28-15-7-2-8-16-28)35(40-25-30-19-11-4-12-20-30)34(39-24-29-17-9-3-10-18-29)32(41-31)26-37-22-27-13-5-1-6-14-27/h1-20,31-36H,21-26H2/t31-,32?,33?,34+,35?/m1/s1. The molecule has 1 saturated heterocycles. The van der Waals surface area contributed by atoms with Gasteiger partial charge in [-0.25, -0.2) is 0 Å². The Balaban J connectivity index is 1.38. The van der Waals surface area contributed by atoms with Gasteiger partial charge in [0, 0.05) is 0 Å². The molecule has 6 heteroatoms. The van der Waals surface area contributed by atoms with E-state index in [0.29, 0.717) is 26.4 Å². The smallest absolute Gasteiger partial charge is 0.115 e. The summed E-state index contributed by atoms with van der Waals surface area (Å²) in [5.74, 6) is 0. The molecule has 0 saturated carbocycles. The minimum Gasteiger partial charge on any atom is -0.394 e. The van der Waals surface area contributed by atoms with E-state index in [1.165, 1.54) is 0 Å². The van der Waals surface area contributed by atoms with Gasteiger partial charge in [0.1, 0.15) is 30.5 Å². The summed E-state index contributed by atoms with van der Waals surface area (Å²) in [7, 11) is 0. The van der Waals surface area contributed by atoms with E-state index in [4.69, 9.17) is 23.7 Å². The first-order valence-electron chi connectivity index (χ1n) is 14.1. The molecule has 41 heavy (non-hydrogen) atoms. The second kappa shape index (κ2) is 15.6. The van der Waals surface area contributed by atoms with Gasteiger partial charge in [0.25, 0.3) is 0 Å². The molecular weight excluding hydrogens is 516 g/mol. The predicted molar refractivity (Wildman–Crippen MR) is 157 cm³/mol. The summed E-state index contributed by atoms with van der Waals surface area (Å²) in [6.07, 6.45) is -2.66. The van der Waals surface area contributed by atoms with E-state index in [0.717, 1.165) is 22.3 Å². The van der Waals surface area contributed by atoms with Gasteiger partial charge >= 0.3 is 0 Å². The van der Waals surface area contributed by atoms with E-state index in [-0.39, 0.29) is 13.2 Å². The van der Waals surface area contributed by atoms with Crippen LogP contribution in [0.1, 0.15) is 22.3 Å². The highest BCUT2D eigenvalue weighted by molar-refractivity contribution is 5.16. The Bertz CT molecular complexity index is 1260. The Morgan fingerprint density at radius 1 is 0.463 bits per heavy atom. The minimum atomic E-state index is -0.610. The third-order valence-corrected chi connectivity index (χ3v) is 7.16. The molecule has 0 aromatic heterocycles. The van der Waals surface area contributed by atoms with Crippen LogP contribution < -0.4 is 0 Å². The lowest BCUT2D eigenvalue weighted by Crippen LogP contribution is -2.62. The van der Waals surface area contributed by atoms with Gasteiger partial charge in [-0.15, -0.1) is 0 Å². The first-order chi connectivity index (χ1) is 20.3. The van der Waals surface area contributed by atoms with Crippen LogP contribution in [-0.2, 0) is 50.1 Å².